The summed E-state index contributed by atoms with van der Waals surface area (Å²) in [5, 5.41) is 11.5. The van der Waals surface area contributed by atoms with Crippen molar-refractivity contribution in [3.63, 3.8) is 0 Å². The maximum atomic E-state index is 12.7. The van der Waals surface area contributed by atoms with Crippen LogP contribution in [-0.4, -0.2) is 33.3 Å². The molecule has 9 heteroatoms. The summed E-state index contributed by atoms with van der Waals surface area (Å²) < 4.78 is 71.0. The van der Waals surface area contributed by atoms with Gasteiger partial charge in [-0.2, -0.15) is 13.2 Å². The fourth-order valence-corrected chi connectivity index (χ4v) is 4.84. The molecule has 164 valence electrons. The first kappa shape index (κ1) is 22.7. The molecule has 2 aromatic carbocycles. The lowest BCUT2D eigenvalue weighted by atomic mass is 9.77. The third kappa shape index (κ3) is 5.60. The molecule has 5 nitrogen and oxygen atoms in total. The zero-order valence-electron chi connectivity index (χ0n) is 16.2. The van der Waals surface area contributed by atoms with E-state index in [9.17, 15) is 26.7 Å². The smallest absolute Gasteiger partial charge is 0.383 e. The molecule has 0 radical (unpaired) electrons. The molecular formula is C21H24F3NO4S. The Balaban J connectivity index is 1.74. The van der Waals surface area contributed by atoms with Crippen molar-refractivity contribution in [1.29, 1.82) is 0 Å². The third-order valence-electron chi connectivity index (χ3n) is 5.37. The van der Waals surface area contributed by atoms with Gasteiger partial charge in [0.05, 0.1) is 11.3 Å². The number of alkyl halides is 3. The molecule has 0 aliphatic carbocycles. The molecule has 0 saturated carbocycles. The number of ether oxygens (including phenoxy) is 1. The molecule has 0 bridgehead atoms. The van der Waals surface area contributed by atoms with Crippen molar-refractivity contribution in [2.24, 2.45) is 5.92 Å². The van der Waals surface area contributed by atoms with Crippen LogP contribution in [0.4, 0.5) is 13.2 Å². The van der Waals surface area contributed by atoms with Crippen molar-refractivity contribution in [3.8, 4) is 0 Å². The Morgan fingerprint density at radius 1 is 0.967 bits per heavy atom. The monoisotopic (exact) mass is 443 g/mol. The van der Waals surface area contributed by atoms with Crippen LogP contribution in [0.3, 0.4) is 0 Å². The van der Waals surface area contributed by atoms with E-state index < -0.39 is 33.1 Å². The second-order valence-corrected chi connectivity index (χ2v) is 9.26. The van der Waals surface area contributed by atoms with Crippen molar-refractivity contribution >= 4 is 10.0 Å². The first-order valence-corrected chi connectivity index (χ1v) is 11.2. The van der Waals surface area contributed by atoms with Gasteiger partial charge in [0, 0.05) is 19.8 Å². The number of aliphatic hydroxyl groups is 1. The third-order valence-corrected chi connectivity index (χ3v) is 6.67. The van der Waals surface area contributed by atoms with Crippen molar-refractivity contribution in [3.05, 3.63) is 71.3 Å². The Bertz CT molecular complexity index is 927. The van der Waals surface area contributed by atoms with Gasteiger partial charge in [-0.15, -0.1) is 0 Å². The summed E-state index contributed by atoms with van der Waals surface area (Å²) in [4.78, 5) is 0. The topological polar surface area (TPSA) is 75.6 Å². The quantitative estimate of drug-likeness (QED) is 0.688. The van der Waals surface area contributed by atoms with Gasteiger partial charge >= 0.3 is 6.18 Å². The van der Waals surface area contributed by atoms with Crippen LogP contribution in [0.5, 0.6) is 0 Å². The van der Waals surface area contributed by atoms with Crippen LogP contribution in [0.1, 0.15) is 29.5 Å². The number of benzene rings is 2. The zero-order valence-corrected chi connectivity index (χ0v) is 17.0. The number of halogens is 3. The molecule has 0 amide bonds. The van der Waals surface area contributed by atoms with Gasteiger partial charge < -0.3 is 9.84 Å². The molecule has 30 heavy (non-hydrogen) atoms. The van der Waals surface area contributed by atoms with Gasteiger partial charge in [0.15, 0.2) is 0 Å². The maximum absolute atomic E-state index is 12.7. The highest BCUT2D eigenvalue weighted by Gasteiger charge is 2.40. The summed E-state index contributed by atoms with van der Waals surface area (Å²) in [7, 11) is -3.89. The summed E-state index contributed by atoms with van der Waals surface area (Å²) >= 11 is 0. The van der Waals surface area contributed by atoms with Gasteiger partial charge in [0.2, 0.25) is 10.0 Å². The summed E-state index contributed by atoms with van der Waals surface area (Å²) in [6.07, 6.45) is -3.30. The van der Waals surface area contributed by atoms with E-state index in [2.05, 4.69) is 4.72 Å². The van der Waals surface area contributed by atoms with E-state index in [1.54, 1.807) is 24.3 Å². The molecule has 2 aromatic rings. The summed E-state index contributed by atoms with van der Waals surface area (Å²) in [5.74, 6) is -0.675. The largest absolute Gasteiger partial charge is 0.416 e. The minimum absolute atomic E-state index is 0.192. The molecule has 3 rings (SSSR count). The van der Waals surface area contributed by atoms with Crippen LogP contribution in [0.2, 0.25) is 0 Å². The molecule has 1 heterocycles. The number of nitrogens with one attached hydrogen (secondary N) is 1. The van der Waals surface area contributed by atoms with Crippen LogP contribution >= 0.6 is 0 Å². The Morgan fingerprint density at radius 3 is 2.13 bits per heavy atom. The minimum atomic E-state index is -4.48. The van der Waals surface area contributed by atoms with Crippen molar-refractivity contribution in [1.82, 2.24) is 4.72 Å². The van der Waals surface area contributed by atoms with Gasteiger partial charge in [-0.05, 0) is 42.0 Å². The maximum Gasteiger partial charge on any atom is 0.416 e. The van der Waals surface area contributed by atoms with E-state index in [1.165, 1.54) is 0 Å². The Kier molecular flexibility index (Phi) is 6.86. The summed E-state index contributed by atoms with van der Waals surface area (Å²) in [5.41, 5.74) is -1.42. The first-order valence-electron chi connectivity index (χ1n) is 9.59. The molecule has 0 spiro atoms. The average Bonchev–Trinajstić information content (AvgIpc) is 2.73. The van der Waals surface area contributed by atoms with E-state index in [1.807, 2.05) is 6.07 Å². The van der Waals surface area contributed by atoms with Gasteiger partial charge in [-0.3, -0.25) is 0 Å². The molecule has 0 unspecified atom stereocenters. The van der Waals surface area contributed by atoms with Gasteiger partial charge in [0.1, 0.15) is 5.60 Å². The van der Waals surface area contributed by atoms with E-state index >= 15 is 0 Å². The molecule has 1 fully saturated rings. The van der Waals surface area contributed by atoms with Crippen LogP contribution in [0.25, 0.3) is 0 Å². The predicted molar refractivity (Wildman–Crippen MR) is 106 cm³/mol. The Labute approximate surface area is 173 Å². The Hall–Kier alpha value is -1.94. The molecule has 0 aromatic heterocycles. The highest BCUT2D eigenvalue weighted by Crippen LogP contribution is 2.36. The van der Waals surface area contributed by atoms with E-state index in [0.29, 0.717) is 31.6 Å². The number of sulfonamides is 1. The fraction of sp³-hybridized carbons (Fsp3) is 0.429. The van der Waals surface area contributed by atoms with Crippen molar-refractivity contribution < 1.29 is 31.4 Å². The van der Waals surface area contributed by atoms with Crippen LogP contribution < -0.4 is 4.72 Å². The van der Waals surface area contributed by atoms with E-state index in [4.69, 9.17) is 4.74 Å². The van der Waals surface area contributed by atoms with Crippen molar-refractivity contribution in [2.75, 3.05) is 19.8 Å². The highest BCUT2D eigenvalue weighted by atomic mass is 32.2. The number of rotatable bonds is 7. The van der Waals surface area contributed by atoms with E-state index in [-0.39, 0.29) is 18.0 Å². The number of hydrogen-bond donors (Lipinski definition) is 2. The van der Waals surface area contributed by atoms with Crippen LogP contribution in [0, 0.1) is 5.92 Å². The summed E-state index contributed by atoms with van der Waals surface area (Å²) in [6.45, 7) is 0.737. The first-order chi connectivity index (χ1) is 14.1. The minimum Gasteiger partial charge on any atom is -0.383 e. The lowest BCUT2D eigenvalue weighted by molar-refractivity contribution is -0.137. The van der Waals surface area contributed by atoms with Gasteiger partial charge in [0.25, 0.3) is 0 Å². The lowest BCUT2D eigenvalue weighted by Gasteiger charge is -2.39. The molecule has 1 saturated heterocycles. The molecular weight excluding hydrogens is 419 g/mol. The van der Waals surface area contributed by atoms with Gasteiger partial charge in [-0.25, -0.2) is 13.1 Å². The van der Waals surface area contributed by atoms with Gasteiger partial charge in [-0.1, -0.05) is 42.5 Å². The van der Waals surface area contributed by atoms with Crippen molar-refractivity contribution in [2.45, 2.75) is 30.4 Å². The van der Waals surface area contributed by atoms with E-state index in [0.717, 1.165) is 24.3 Å². The SMILES string of the molecule is O=S(=O)(Cc1ccc(C(F)(F)F)cc1)NC[C@@](O)(c1ccccc1)C1CCOCC1. The lowest BCUT2D eigenvalue weighted by Crippen LogP contribution is -2.47. The average molecular weight is 443 g/mol. The highest BCUT2D eigenvalue weighted by molar-refractivity contribution is 7.88. The zero-order chi connectivity index (χ0) is 21.8. The normalized spacial score (nSPS) is 18.1. The molecule has 1 aliphatic heterocycles. The predicted octanol–water partition coefficient (Wildman–Crippen LogP) is 3.44. The Morgan fingerprint density at radius 2 is 1.57 bits per heavy atom. The fourth-order valence-electron chi connectivity index (χ4n) is 3.66. The van der Waals surface area contributed by atoms with Crippen LogP contribution in [-0.2, 0) is 32.3 Å². The standard InChI is InChI=1S/C21H24F3NO4S/c22-21(23,24)19-8-6-16(7-9-19)14-30(27,28)25-15-20(26,17-4-2-1-3-5-17)18-10-12-29-13-11-18/h1-9,18,25-26H,10-15H2/t20-/m1/s1. The molecule has 2 N–H and O–H groups in total. The molecule has 1 aliphatic rings. The summed E-state index contributed by atoms with van der Waals surface area (Å²) in [6, 6.07) is 12.9. The second-order valence-electron chi connectivity index (χ2n) is 7.45. The van der Waals surface area contributed by atoms with Crippen LogP contribution in [0.15, 0.2) is 54.6 Å². The molecule has 1 atom stereocenters. The second kappa shape index (κ2) is 9.05. The number of hydrogen-bond acceptors (Lipinski definition) is 4.